The minimum atomic E-state index is 0.683. The Kier molecular flexibility index (Phi) is 20.2. The van der Waals surface area contributed by atoms with Crippen LogP contribution < -0.4 is 9.47 Å². The Morgan fingerprint density at radius 1 is 0.321 bits per heavy atom. The monoisotopic (exact) mass is 749 g/mol. The topological polar surface area (TPSA) is 18.5 Å². The maximum Gasteiger partial charge on any atom is 0.135 e. The molecule has 56 heavy (non-hydrogen) atoms. The fourth-order valence-corrected chi connectivity index (χ4v) is 6.85. The number of hydrogen-bond acceptors (Lipinski definition) is 2. The molecule has 296 valence electrons. The molecule has 2 nitrogen and oxygen atoms in total. The summed E-state index contributed by atoms with van der Waals surface area (Å²) >= 11 is 0. The van der Waals surface area contributed by atoms with Crippen LogP contribution in [0.2, 0.25) is 0 Å². The molecule has 0 saturated heterocycles. The van der Waals surface area contributed by atoms with E-state index < -0.39 is 0 Å². The summed E-state index contributed by atoms with van der Waals surface area (Å²) in [6.45, 7) is 14.7. The van der Waals surface area contributed by atoms with Crippen molar-refractivity contribution in [2.24, 2.45) is 0 Å². The van der Waals surface area contributed by atoms with Crippen LogP contribution in [0.4, 0.5) is 0 Å². The molecule has 0 aromatic heterocycles. The Morgan fingerprint density at radius 2 is 0.607 bits per heavy atom. The first-order valence-corrected chi connectivity index (χ1v) is 22.4. The second kappa shape index (κ2) is 25.6. The van der Waals surface area contributed by atoms with E-state index in [0.29, 0.717) is 13.2 Å². The van der Waals surface area contributed by atoms with Crippen molar-refractivity contribution >= 4 is 32.3 Å². The van der Waals surface area contributed by atoms with Crippen LogP contribution in [0.25, 0.3) is 32.3 Å². The average Bonchev–Trinajstić information content (AvgIpc) is 3.21. The standard InChI is InChI=1S/C54H68O2/c1-7-13-19-25-31-43-37-47-48(38-44(43)32-26-20-14-8-2)52-42-54(56-36-30-24-18-12-6)46(34-28-22-16-10-4)40-50(52)49-39-45(33-27-21-15-9-3)53(41-51(47)49)55-35-29-23-17-11-5/h37-42H,7-24,29-30,35-36H2,1-6H3. The van der Waals surface area contributed by atoms with E-state index in [-0.39, 0.29) is 0 Å². The van der Waals surface area contributed by atoms with Gasteiger partial charge in [-0.15, -0.1) is 0 Å². The lowest BCUT2D eigenvalue weighted by atomic mass is 9.89. The predicted octanol–water partition coefficient (Wildman–Crippen LogP) is 15.2. The van der Waals surface area contributed by atoms with E-state index >= 15 is 0 Å². The SMILES string of the molecule is CCCCC#Cc1cc2c(cc1C#CCCCC)c1cc(OCCCCCC)c(C#CCCCC)cc1c1cc(C#CCCCC)c(OCCCCCC)cc21. The largest absolute Gasteiger partial charge is 0.492 e. The molecular formula is C54H68O2. The Morgan fingerprint density at radius 3 is 0.929 bits per heavy atom. The number of benzene rings is 4. The fraction of sp³-hybridized carbons (Fsp3) is 0.519. The van der Waals surface area contributed by atoms with E-state index in [4.69, 9.17) is 9.47 Å². The predicted molar refractivity (Wildman–Crippen MR) is 244 cm³/mol. The molecule has 0 aliphatic carbocycles. The van der Waals surface area contributed by atoms with Crippen LogP contribution in [0.3, 0.4) is 0 Å². The highest BCUT2D eigenvalue weighted by Gasteiger charge is 2.17. The zero-order valence-corrected chi connectivity index (χ0v) is 35.8. The highest BCUT2D eigenvalue weighted by atomic mass is 16.5. The van der Waals surface area contributed by atoms with Crippen LogP contribution >= 0.6 is 0 Å². The lowest BCUT2D eigenvalue weighted by Gasteiger charge is -2.17. The summed E-state index contributed by atoms with van der Waals surface area (Å²) in [4.78, 5) is 0. The van der Waals surface area contributed by atoms with Crippen molar-refractivity contribution in [3.05, 3.63) is 58.7 Å². The molecule has 0 unspecified atom stereocenters. The first kappa shape index (κ1) is 44.2. The molecule has 0 saturated carbocycles. The number of fused-ring (bicyclic) bond motifs is 6. The zero-order chi connectivity index (χ0) is 39.8. The van der Waals surface area contributed by atoms with Crippen molar-refractivity contribution in [2.75, 3.05) is 13.2 Å². The molecule has 0 heterocycles. The second-order valence-electron chi connectivity index (χ2n) is 15.2. The molecule has 4 aromatic rings. The van der Waals surface area contributed by atoms with Gasteiger partial charge in [-0.1, -0.05) is 153 Å². The smallest absolute Gasteiger partial charge is 0.135 e. The van der Waals surface area contributed by atoms with Crippen molar-refractivity contribution in [3.8, 4) is 58.9 Å². The van der Waals surface area contributed by atoms with Crippen molar-refractivity contribution in [3.63, 3.8) is 0 Å². The molecule has 0 fully saturated rings. The molecule has 0 aliphatic heterocycles. The minimum absolute atomic E-state index is 0.683. The normalized spacial score (nSPS) is 10.6. The zero-order valence-electron chi connectivity index (χ0n) is 35.8. The number of unbranched alkanes of at least 4 members (excludes halogenated alkanes) is 14. The van der Waals surface area contributed by atoms with Crippen LogP contribution in [0.1, 0.15) is 192 Å². The van der Waals surface area contributed by atoms with Crippen molar-refractivity contribution in [1.29, 1.82) is 0 Å². The summed E-state index contributed by atoms with van der Waals surface area (Å²) in [6, 6.07) is 13.7. The summed E-state index contributed by atoms with van der Waals surface area (Å²) in [6.07, 6.45) is 21.7. The molecule has 0 amide bonds. The van der Waals surface area contributed by atoms with Gasteiger partial charge in [-0.2, -0.15) is 0 Å². The third-order valence-corrected chi connectivity index (χ3v) is 10.3. The molecule has 4 aromatic carbocycles. The Balaban J connectivity index is 2.10. The van der Waals surface area contributed by atoms with E-state index in [9.17, 15) is 0 Å². The van der Waals surface area contributed by atoms with Gasteiger partial charge < -0.3 is 9.47 Å². The minimum Gasteiger partial charge on any atom is -0.492 e. The van der Waals surface area contributed by atoms with Crippen LogP contribution in [0.5, 0.6) is 11.5 Å². The van der Waals surface area contributed by atoms with Crippen LogP contribution in [-0.4, -0.2) is 13.2 Å². The van der Waals surface area contributed by atoms with E-state index in [1.165, 1.54) is 38.5 Å². The maximum atomic E-state index is 6.63. The molecule has 2 heteroatoms. The summed E-state index contributed by atoms with van der Waals surface area (Å²) in [7, 11) is 0. The first-order valence-electron chi connectivity index (χ1n) is 22.4. The van der Waals surface area contributed by atoms with Gasteiger partial charge in [-0.25, -0.2) is 0 Å². The van der Waals surface area contributed by atoms with Crippen LogP contribution in [-0.2, 0) is 0 Å². The fourth-order valence-electron chi connectivity index (χ4n) is 6.85. The summed E-state index contributed by atoms with van der Waals surface area (Å²) in [5, 5.41) is 6.92. The Labute approximate surface area is 341 Å². The van der Waals surface area contributed by atoms with Gasteiger partial charge in [0.2, 0.25) is 0 Å². The quantitative estimate of drug-likeness (QED) is 0.0509. The average molecular weight is 749 g/mol. The lowest BCUT2D eigenvalue weighted by molar-refractivity contribution is 0.304. The van der Waals surface area contributed by atoms with Gasteiger partial charge >= 0.3 is 0 Å². The lowest BCUT2D eigenvalue weighted by Crippen LogP contribution is -2.01. The first-order chi connectivity index (χ1) is 27.6. The molecule has 0 N–H and O–H groups in total. The second-order valence-corrected chi connectivity index (χ2v) is 15.2. The molecule has 0 aliphatic rings. The van der Waals surface area contributed by atoms with Crippen LogP contribution in [0.15, 0.2) is 36.4 Å². The molecule has 0 bridgehead atoms. The van der Waals surface area contributed by atoms with Gasteiger partial charge in [0.25, 0.3) is 0 Å². The van der Waals surface area contributed by atoms with E-state index in [1.54, 1.807) is 0 Å². The Bertz CT molecular complexity index is 1930. The number of rotatable bonds is 20. The van der Waals surface area contributed by atoms with Gasteiger partial charge in [0.15, 0.2) is 0 Å². The van der Waals surface area contributed by atoms with Gasteiger partial charge in [0.05, 0.1) is 24.3 Å². The van der Waals surface area contributed by atoms with Crippen molar-refractivity contribution < 1.29 is 9.47 Å². The third kappa shape index (κ3) is 13.3. The van der Waals surface area contributed by atoms with Crippen molar-refractivity contribution in [2.45, 2.75) is 170 Å². The highest BCUT2D eigenvalue weighted by molar-refractivity contribution is 6.26. The maximum absolute atomic E-state index is 6.63. The summed E-state index contributed by atoms with van der Waals surface area (Å²) in [5.74, 6) is 29.9. The van der Waals surface area contributed by atoms with E-state index in [2.05, 4.69) is 125 Å². The summed E-state index contributed by atoms with van der Waals surface area (Å²) < 4.78 is 13.3. The molecule has 0 spiro atoms. The molecule has 0 radical (unpaired) electrons. The highest BCUT2D eigenvalue weighted by Crippen LogP contribution is 2.42. The third-order valence-electron chi connectivity index (χ3n) is 10.3. The van der Waals surface area contributed by atoms with Gasteiger partial charge in [-0.05, 0) is 107 Å². The molecular weight excluding hydrogens is 681 g/mol. The van der Waals surface area contributed by atoms with E-state index in [0.717, 1.165) is 156 Å². The van der Waals surface area contributed by atoms with Gasteiger partial charge in [0.1, 0.15) is 11.5 Å². The Hall–Kier alpha value is -4.50. The van der Waals surface area contributed by atoms with E-state index in [1.807, 2.05) is 0 Å². The molecule has 0 atom stereocenters. The molecule has 4 rings (SSSR count). The van der Waals surface area contributed by atoms with Crippen LogP contribution in [0, 0.1) is 47.4 Å². The summed E-state index contributed by atoms with van der Waals surface area (Å²) in [5.41, 5.74) is 3.90. The van der Waals surface area contributed by atoms with Crippen molar-refractivity contribution in [1.82, 2.24) is 0 Å². The van der Waals surface area contributed by atoms with Gasteiger partial charge in [-0.3, -0.25) is 0 Å². The number of hydrogen-bond donors (Lipinski definition) is 0. The van der Waals surface area contributed by atoms with Gasteiger partial charge in [0, 0.05) is 36.8 Å². The number of ether oxygens (including phenoxy) is 2.